The molecule has 2 bridgehead atoms. The highest BCUT2D eigenvalue weighted by Gasteiger charge is 2.39. The van der Waals surface area contributed by atoms with Gasteiger partial charge in [0.1, 0.15) is 0 Å². The van der Waals surface area contributed by atoms with Gasteiger partial charge in [0.25, 0.3) is 0 Å². The number of hydrogen-bond acceptors (Lipinski definition) is 3. The van der Waals surface area contributed by atoms with Gasteiger partial charge in [-0.05, 0) is 51.8 Å². The minimum Gasteiger partial charge on any atom is -0.334 e. The molecular weight excluding hydrogens is 304 g/mol. The Morgan fingerprint density at radius 3 is 2.42 bits per heavy atom. The van der Waals surface area contributed by atoms with Gasteiger partial charge in [0.2, 0.25) is 0 Å². The minimum atomic E-state index is -0.294. The lowest BCUT2D eigenvalue weighted by Gasteiger charge is -2.36. The molecule has 0 unspecified atom stereocenters. The van der Waals surface area contributed by atoms with Crippen LogP contribution in [0.25, 0.3) is 11.0 Å². The van der Waals surface area contributed by atoms with Gasteiger partial charge in [-0.25, -0.2) is 14.2 Å². The third kappa shape index (κ3) is 2.28. The molecule has 1 aromatic carbocycles. The maximum Gasteiger partial charge on any atom is 0.337 e. The van der Waals surface area contributed by atoms with Crippen molar-refractivity contribution < 1.29 is 4.79 Å². The van der Waals surface area contributed by atoms with Crippen molar-refractivity contribution in [3.63, 3.8) is 0 Å². The second kappa shape index (κ2) is 5.77. The third-order valence-electron chi connectivity index (χ3n) is 5.78. The van der Waals surface area contributed by atoms with Crippen molar-refractivity contribution in [1.82, 2.24) is 19.4 Å². The summed E-state index contributed by atoms with van der Waals surface area (Å²) in [6.45, 7) is 2.47. The van der Waals surface area contributed by atoms with Crippen LogP contribution in [0, 0.1) is 0 Å². The van der Waals surface area contributed by atoms with Gasteiger partial charge in [-0.2, -0.15) is 0 Å². The van der Waals surface area contributed by atoms with E-state index >= 15 is 0 Å². The number of aromatic nitrogens is 2. The molecule has 2 saturated heterocycles. The summed E-state index contributed by atoms with van der Waals surface area (Å²) in [6, 6.07) is 8.46. The zero-order valence-corrected chi connectivity index (χ0v) is 14.2. The molecule has 3 heterocycles. The maximum atomic E-state index is 12.8. The lowest BCUT2D eigenvalue weighted by Crippen LogP contribution is -2.50. The molecule has 6 nitrogen and oxygen atoms in total. The van der Waals surface area contributed by atoms with E-state index in [1.54, 1.807) is 4.57 Å². The predicted molar refractivity (Wildman–Crippen MR) is 93.4 cm³/mol. The van der Waals surface area contributed by atoms with E-state index in [0.717, 1.165) is 18.4 Å². The molecule has 4 rings (SSSR count). The number of para-hydroxylation sites is 2. The summed E-state index contributed by atoms with van der Waals surface area (Å²) in [4.78, 5) is 27.9. The zero-order chi connectivity index (χ0) is 16.8. The van der Waals surface area contributed by atoms with Crippen molar-refractivity contribution in [2.75, 3.05) is 7.05 Å². The summed E-state index contributed by atoms with van der Waals surface area (Å²) in [5.74, 6) is 0. The van der Waals surface area contributed by atoms with Crippen LogP contribution in [0.15, 0.2) is 29.1 Å². The Hall–Kier alpha value is -2.08. The van der Waals surface area contributed by atoms with E-state index in [9.17, 15) is 9.59 Å². The van der Waals surface area contributed by atoms with Crippen LogP contribution >= 0.6 is 0 Å². The molecule has 6 heteroatoms. The van der Waals surface area contributed by atoms with Crippen molar-refractivity contribution in [2.24, 2.45) is 0 Å². The second-order valence-electron chi connectivity index (χ2n) is 7.02. The van der Waals surface area contributed by atoms with Gasteiger partial charge in [0.15, 0.2) is 0 Å². The smallest absolute Gasteiger partial charge is 0.334 e. The predicted octanol–water partition coefficient (Wildman–Crippen LogP) is 2.01. The maximum absolute atomic E-state index is 12.8. The standard InChI is InChI=1S/C18H24N4O2/c1-3-21-15-6-4-5-7-16(15)22(18(21)24)17(23)19-12-10-13-8-9-14(11-12)20(13)2/h4-7,12-14H,3,8-11H2,1-2H3,(H,19,23)/t13-,14-/m0/s1. The number of aryl methyl sites for hydroxylation is 1. The first-order valence-corrected chi connectivity index (χ1v) is 8.83. The number of fused-ring (bicyclic) bond motifs is 3. The largest absolute Gasteiger partial charge is 0.337 e. The number of nitrogens with zero attached hydrogens (tertiary/aromatic N) is 3. The number of carbonyl (C=O) groups excluding carboxylic acids is 1. The van der Waals surface area contributed by atoms with E-state index in [1.165, 1.54) is 17.4 Å². The van der Waals surface area contributed by atoms with E-state index < -0.39 is 0 Å². The first-order chi connectivity index (χ1) is 11.6. The number of piperidine rings is 1. The molecule has 2 aliphatic heterocycles. The number of carbonyl (C=O) groups is 1. The number of hydrogen-bond donors (Lipinski definition) is 1. The number of benzene rings is 1. The molecule has 2 aliphatic rings. The van der Waals surface area contributed by atoms with E-state index in [2.05, 4.69) is 17.3 Å². The molecule has 0 spiro atoms. The van der Waals surface area contributed by atoms with Gasteiger partial charge in [0, 0.05) is 24.7 Å². The number of nitrogens with one attached hydrogen (secondary N) is 1. The van der Waals surface area contributed by atoms with Crippen LogP contribution in [0.3, 0.4) is 0 Å². The molecule has 0 aliphatic carbocycles. The molecule has 1 N–H and O–H groups in total. The number of imidazole rings is 1. The molecular formula is C18H24N4O2. The topological polar surface area (TPSA) is 59.3 Å². The lowest BCUT2D eigenvalue weighted by atomic mass is 9.98. The fraction of sp³-hybridized carbons (Fsp3) is 0.556. The average Bonchev–Trinajstić information content (AvgIpc) is 2.95. The SMILES string of the molecule is CCn1c(=O)n(C(=O)NC2C[C@@H]3CC[C@@H](C2)N3C)c2ccccc21. The molecule has 1 aromatic heterocycles. The zero-order valence-electron chi connectivity index (χ0n) is 14.2. The lowest BCUT2D eigenvalue weighted by molar-refractivity contribution is 0.149. The second-order valence-corrected chi connectivity index (χ2v) is 7.02. The van der Waals surface area contributed by atoms with Gasteiger partial charge in [0.05, 0.1) is 11.0 Å². The van der Waals surface area contributed by atoms with Crippen molar-refractivity contribution in [3.05, 3.63) is 34.7 Å². The highest BCUT2D eigenvalue weighted by atomic mass is 16.2. The Morgan fingerprint density at radius 2 is 1.79 bits per heavy atom. The van der Waals surface area contributed by atoms with Gasteiger partial charge < -0.3 is 10.2 Å². The summed E-state index contributed by atoms with van der Waals surface area (Å²) >= 11 is 0. The quantitative estimate of drug-likeness (QED) is 0.917. The van der Waals surface area contributed by atoms with Crippen LogP contribution in [0.1, 0.15) is 32.6 Å². The molecule has 128 valence electrons. The molecule has 0 radical (unpaired) electrons. The van der Waals surface area contributed by atoms with Crippen LogP contribution in [0.5, 0.6) is 0 Å². The fourth-order valence-corrected chi connectivity index (χ4v) is 4.48. The number of amides is 1. The van der Waals surface area contributed by atoms with Gasteiger partial charge in [-0.3, -0.25) is 4.57 Å². The average molecular weight is 328 g/mol. The molecule has 2 fully saturated rings. The normalized spacial score (nSPS) is 26.8. The van der Waals surface area contributed by atoms with Crippen molar-refractivity contribution >= 4 is 17.1 Å². The molecule has 2 aromatic rings. The summed E-state index contributed by atoms with van der Waals surface area (Å²) in [5.41, 5.74) is 1.23. The Labute approximate surface area is 141 Å². The van der Waals surface area contributed by atoms with Crippen LogP contribution < -0.4 is 11.0 Å². The van der Waals surface area contributed by atoms with Crippen LogP contribution in [-0.4, -0.2) is 45.2 Å². The Kier molecular flexibility index (Phi) is 3.72. The molecule has 1 amide bonds. The van der Waals surface area contributed by atoms with E-state index in [0.29, 0.717) is 24.1 Å². The Morgan fingerprint density at radius 1 is 1.17 bits per heavy atom. The Bertz CT molecular complexity index is 823. The summed E-state index contributed by atoms with van der Waals surface area (Å²) < 4.78 is 2.94. The van der Waals surface area contributed by atoms with Crippen LogP contribution in [-0.2, 0) is 6.54 Å². The van der Waals surface area contributed by atoms with Gasteiger partial charge in [-0.1, -0.05) is 12.1 Å². The van der Waals surface area contributed by atoms with E-state index in [1.807, 2.05) is 31.2 Å². The number of rotatable bonds is 2. The fourth-order valence-electron chi connectivity index (χ4n) is 4.48. The Balaban J connectivity index is 1.63. The van der Waals surface area contributed by atoms with Gasteiger partial charge in [-0.15, -0.1) is 0 Å². The molecule has 2 atom stereocenters. The summed E-state index contributed by atoms with van der Waals surface area (Å²) in [5, 5.41) is 3.11. The summed E-state index contributed by atoms with van der Waals surface area (Å²) in [6.07, 6.45) is 4.37. The van der Waals surface area contributed by atoms with E-state index in [-0.39, 0.29) is 17.8 Å². The highest BCUT2D eigenvalue weighted by molar-refractivity contribution is 5.89. The highest BCUT2D eigenvalue weighted by Crippen LogP contribution is 2.34. The van der Waals surface area contributed by atoms with Crippen molar-refractivity contribution in [3.8, 4) is 0 Å². The van der Waals surface area contributed by atoms with Crippen LogP contribution in [0.4, 0.5) is 4.79 Å². The van der Waals surface area contributed by atoms with E-state index in [4.69, 9.17) is 0 Å². The third-order valence-corrected chi connectivity index (χ3v) is 5.78. The molecule has 0 saturated carbocycles. The first-order valence-electron chi connectivity index (χ1n) is 8.83. The van der Waals surface area contributed by atoms with Gasteiger partial charge >= 0.3 is 11.7 Å². The van der Waals surface area contributed by atoms with Crippen molar-refractivity contribution in [2.45, 2.75) is 57.3 Å². The van der Waals surface area contributed by atoms with Crippen LogP contribution in [0.2, 0.25) is 0 Å². The summed E-state index contributed by atoms with van der Waals surface area (Å²) in [7, 11) is 2.18. The first kappa shape index (κ1) is 15.4. The monoisotopic (exact) mass is 328 g/mol. The minimum absolute atomic E-state index is 0.154. The molecule has 24 heavy (non-hydrogen) atoms. The van der Waals surface area contributed by atoms with Crippen molar-refractivity contribution in [1.29, 1.82) is 0 Å².